The minimum atomic E-state index is 0. The van der Waals surface area contributed by atoms with Gasteiger partial charge in [0, 0.05) is 11.4 Å². The Balaban J connectivity index is 0. The average Bonchev–Trinajstić information content (AvgIpc) is 1.36. The Morgan fingerprint density at radius 3 is 1.57 bits per heavy atom. The first-order chi connectivity index (χ1) is 2.64. The molecule has 0 aliphatic heterocycles. The third kappa shape index (κ3) is 6.54. The van der Waals surface area contributed by atoms with E-state index in [1.807, 2.05) is 13.8 Å². The first kappa shape index (κ1) is 10.5. The van der Waals surface area contributed by atoms with Crippen molar-refractivity contribution >= 4 is 24.0 Å². The highest BCUT2D eigenvalue weighted by Crippen LogP contribution is 1.95. The van der Waals surface area contributed by atoms with Crippen LogP contribution in [-0.2, 0) is 0 Å². The molecule has 0 rings (SSSR count). The molecule has 0 saturated carbocycles. The topological polar surface area (TPSA) is 26.0 Å². The zero-order valence-electron chi connectivity index (χ0n) is 4.52. The molecule has 1 nitrogen and oxygen atoms in total. The van der Waals surface area contributed by atoms with Gasteiger partial charge in [-0.25, -0.2) is 0 Å². The molecule has 0 fully saturated rings. The summed E-state index contributed by atoms with van der Waals surface area (Å²) in [5.74, 6) is 0. The Morgan fingerprint density at radius 1 is 1.43 bits per heavy atom. The van der Waals surface area contributed by atoms with Gasteiger partial charge in [0.2, 0.25) is 0 Å². The first-order valence-corrected chi connectivity index (χ1v) is 2.48. The Bertz CT molecular complexity index is 30.7. The summed E-state index contributed by atoms with van der Waals surface area (Å²) in [4.78, 5) is 0. The van der Waals surface area contributed by atoms with Gasteiger partial charge in [0.1, 0.15) is 0 Å². The Morgan fingerprint density at radius 2 is 1.57 bits per heavy atom. The maximum absolute atomic E-state index is 5.49. The van der Waals surface area contributed by atoms with E-state index in [0.717, 1.165) is 0 Å². The van der Waals surface area contributed by atoms with Crippen LogP contribution in [0.5, 0.6) is 0 Å². The molecule has 7 heavy (non-hydrogen) atoms. The predicted molar refractivity (Wildman–Crippen MR) is 36.2 cm³/mol. The molecule has 0 aromatic rings. The van der Waals surface area contributed by atoms with Gasteiger partial charge >= 0.3 is 0 Å². The van der Waals surface area contributed by atoms with Crippen molar-refractivity contribution in [2.24, 2.45) is 5.73 Å². The maximum Gasteiger partial charge on any atom is 0.0456 e. The van der Waals surface area contributed by atoms with Crippen LogP contribution in [0.15, 0.2) is 0 Å². The summed E-state index contributed by atoms with van der Waals surface area (Å²) >= 11 is 5.49. The highest BCUT2D eigenvalue weighted by atomic mass is 35.5. The van der Waals surface area contributed by atoms with E-state index in [1.165, 1.54) is 0 Å². The molecule has 46 valence electrons. The van der Waals surface area contributed by atoms with Crippen LogP contribution in [0.1, 0.15) is 13.8 Å². The van der Waals surface area contributed by atoms with Crippen LogP contribution in [0.25, 0.3) is 0 Å². The van der Waals surface area contributed by atoms with Gasteiger partial charge in [-0.05, 0) is 13.8 Å². The summed E-state index contributed by atoms with van der Waals surface area (Å²) in [5.41, 5.74) is 5.30. The molecule has 3 heteroatoms. The molecular formula is C4H11Cl2N. The van der Waals surface area contributed by atoms with E-state index in [0.29, 0.717) is 0 Å². The first-order valence-electron chi connectivity index (χ1n) is 2.04. The van der Waals surface area contributed by atoms with Gasteiger partial charge in [-0.2, -0.15) is 0 Å². The van der Waals surface area contributed by atoms with Crippen LogP contribution in [0, 0.1) is 0 Å². The smallest absolute Gasteiger partial charge is 0.0456 e. The summed E-state index contributed by atoms with van der Waals surface area (Å²) in [6.07, 6.45) is 0. The van der Waals surface area contributed by atoms with E-state index >= 15 is 0 Å². The van der Waals surface area contributed by atoms with Gasteiger partial charge in [0.25, 0.3) is 0 Å². The van der Waals surface area contributed by atoms with Crippen LogP contribution < -0.4 is 5.73 Å². The number of hydrogen-bond acceptors (Lipinski definition) is 1. The molecule has 0 bridgehead atoms. The molecule has 2 atom stereocenters. The maximum atomic E-state index is 5.49. The lowest BCUT2D eigenvalue weighted by Gasteiger charge is -2.03. The Labute approximate surface area is 55.6 Å². The van der Waals surface area contributed by atoms with E-state index in [9.17, 15) is 0 Å². The lowest BCUT2D eigenvalue weighted by molar-refractivity contribution is 0.723. The molecule has 0 spiro atoms. The number of hydrogen-bond donors (Lipinski definition) is 1. The largest absolute Gasteiger partial charge is 0.327 e. The van der Waals surface area contributed by atoms with E-state index in [1.54, 1.807) is 0 Å². The summed E-state index contributed by atoms with van der Waals surface area (Å²) in [6, 6.07) is 0.117. The SMILES string of the molecule is CC(N)C(C)Cl.Cl. The normalized spacial score (nSPS) is 17.1. The van der Waals surface area contributed by atoms with E-state index < -0.39 is 0 Å². The lowest BCUT2D eigenvalue weighted by atomic mass is 10.3. The minimum absolute atomic E-state index is 0. The van der Waals surface area contributed by atoms with Gasteiger partial charge in [0.15, 0.2) is 0 Å². The van der Waals surface area contributed by atoms with Crippen LogP contribution in [0.4, 0.5) is 0 Å². The highest BCUT2D eigenvalue weighted by Gasteiger charge is 1.98. The van der Waals surface area contributed by atoms with Crippen molar-refractivity contribution in [1.29, 1.82) is 0 Å². The molecular weight excluding hydrogens is 133 g/mol. The standard InChI is InChI=1S/C4H10ClN.ClH/c1-3(5)4(2)6;/h3-4H,6H2,1-2H3;1H. The molecule has 0 amide bonds. The van der Waals surface area contributed by atoms with Gasteiger partial charge in [-0.1, -0.05) is 0 Å². The fraction of sp³-hybridized carbons (Fsp3) is 1.00. The van der Waals surface area contributed by atoms with E-state index in [2.05, 4.69) is 0 Å². The molecule has 0 aliphatic rings. The van der Waals surface area contributed by atoms with Crippen LogP contribution in [0.2, 0.25) is 0 Å². The molecule has 2 unspecified atom stereocenters. The molecule has 0 aliphatic carbocycles. The minimum Gasteiger partial charge on any atom is -0.327 e. The van der Waals surface area contributed by atoms with Gasteiger partial charge in [-0.15, -0.1) is 24.0 Å². The Hall–Kier alpha value is 0.540. The molecule has 0 aromatic carbocycles. The second-order valence-corrected chi connectivity index (χ2v) is 2.23. The number of alkyl halides is 1. The van der Waals surface area contributed by atoms with Gasteiger partial charge in [0.05, 0.1) is 0 Å². The fourth-order valence-electron chi connectivity index (χ4n) is 0. The Kier molecular flexibility index (Phi) is 7.04. The number of rotatable bonds is 1. The van der Waals surface area contributed by atoms with Crippen LogP contribution in [-0.4, -0.2) is 11.4 Å². The molecule has 2 N–H and O–H groups in total. The predicted octanol–water partition coefficient (Wildman–Crippen LogP) is 1.38. The monoisotopic (exact) mass is 143 g/mol. The zero-order valence-corrected chi connectivity index (χ0v) is 6.09. The van der Waals surface area contributed by atoms with Crippen molar-refractivity contribution in [2.75, 3.05) is 0 Å². The average molecular weight is 144 g/mol. The van der Waals surface area contributed by atoms with Crippen molar-refractivity contribution < 1.29 is 0 Å². The molecule has 0 saturated heterocycles. The van der Waals surface area contributed by atoms with Crippen molar-refractivity contribution in [1.82, 2.24) is 0 Å². The quantitative estimate of drug-likeness (QED) is 0.553. The second-order valence-electron chi connectivity index (χ2n) is 1.54. The van der Waals surface area contributed by atoms with Crippen molar-refractivity contribution in [3.8, 4) is 0 Å². The van der Waals surface area contributed by atoms with Crippen LogP contribution in [0.3, 0.4) is 0 Å². The third-order valence-corrected chi connectivity index (χ3v) is 1.12. The van der Waals surface area contributed by atoms with E-state index in [4.69, 9.17) is 17.3 Å². The third-order valence-electron chi connectivity index (χ3n) is 0.725. The molecule has 0 aromatic heterocycles. The van der Waals surface area contributed by atoms with Crippen LogP contribution >= 0.6 is 24.0 Å². The summed E-state index contributed by atoms with van der Waals surface area (Å²) in [5, 5.41) is 0.102. The lowest BCUT2D eigenvalue weighted by Crippen LogP contribution is -2.23. The molecule has 0 heterocycles. The zero-order chi connectivity index (χ0) is 5.15. The summed E-state index contributed by atoms with van der Waals surface area (Å²) in [7, 11) is 0. The van der Waals surface area contributed by atoms with Crippen molar-refractivity contribution in [3.05, 3.63) is 0 Å². The summed E-state index contributed by atoms with van der Waals surface area (Å²) in [6.45, 7) is 3.77. The van der Waals surface area contributed by atoms with Gasteiger partial charge < -0.3 is 5.73 Å². The molecule has 0 radical (unpaired) electrons. The number of halogens is 2. The van der Waals surface area contributed by atoms with Crippen molar-refractivity contribution in [2.45, 2.75) is 25.3 Å². The fourth-order valence-corrected chi connectivity index (χ4v) is 0. The van der Waals surface area contributed by atoms with E-state index in [-0.39, 0.29) is 23.8 Å². The second kappa shape index (κ2) is 4.69. The van der Waals surface area contributed by atoms with Gasteiger partial charge in [-0.3, -0.25) is 0 Å². The number of nitrogens with two attached hydrogens (primary N) is 1. The highest BCUT2D eigenvalue weighted by molar-refractivity contribution is 6.20. The summed E-state index contributed by atoms with van der Waals surface area (Å²) < 4.78 is 0. The van der Waals surface area contributed by atoms with Crippen molar-refractivity contribution in [3.63, 3.8) is 0 Å².